The van der Waals surface area contributed by atoms with Crippen LogP contribution in [0.4, 0.5) is 4.39 Å². The second kappa shape index (κ2) is 9.84. The zero-order valence-electron chi connectivity index (χ0n) is 14.0. The highest BCUT2D eigenvalue weighted by Crippen LogP contribution is 2.22. The van der Waals surface area contributed by atoms with Gasteiger partial charge in [-0.3, -0.25) is 20.4 Å². The van der Waals surface area contributed by atoms with Gasteiger partial charge in [0.05, 0.1) is 11.7 Å². The van der Waals surface area contributed by atoms with Crippen molar-refractivity contribution in [2.45, 2.75) is 30.6 Å². The summed E-state index contributed by atoms with van der Waals surface area (Å²) in [5.74, 6) is -1.30. The lowest BCUT2D eigenvalue weighted by Gasteiger charge is -2.17. The van der Waals surface area contributed by atoms with E-state index in [0.717, 1.165) is 23.7 Å². The van der Waals surface area contributed by atoms with Crippen LogP contribution in [0.1, 0.15) is 31.2 Å². The van der Waals surface area contributed by atoms with E-state index in [0.29, 0.717) is 11.3 Å². The Morgan fingerprint density at radius 3 is 2.40 bits per heavy atom. The van der Waals surface area contributed by atoms with E-state index >= 15 is 0 Å². The Bertz CT molecular complexity index is 710. The molecular formula is C19H21FN2O2S. The highest BCUT2D eigenvalue weighted by atomic mass is 32.2. The number of rotatable bonds is 7. The average molecular weight is 360 g/mol. The molecule has 0 bridgehead atoms. The molecule has 0 aromatic heterocycles. The Morgan fingerprint density at radius 2 is 1.72 bits per heavy atom. The Hall–Kier alpha value is -2.34. The summed E-state index contributed by atoms with van der Waals surface area (Å²) < 4.78 is 13.5. The van der Waals surface area contributed by atoms with E-state index < -0.39 is 0 Å². The standard InChI is InChI=1S/C19H21FN2O2S/c1-2-8-15(14-9-4-3-5-10-14)19(24)22-21-18(23)13-25-17-12-7-6-11-16(17)20/h3-7,9-12,15H,2,8,13H2,1H3,(H,21,23)(H,22,24)/t15-/m1/s1. The van der Waals surface area contributed by atoms with E-state index in [9.17, 15) is 14.0 Å². The fourth-order valence-corrected chi connectivity index (χ4v) is 3.12. The third-order valence-corrected chi connectivity index (χ3v) is 4.66. The molecule has 2 rings (SSSR count). The molecule has 0 unspecified atom stereocenters. The van der Waals surface area contributed by atoms with Crippen molar-refractivity contribution in [3.8, 4) is 0 Å². The summed E-state index contributed by atoms with van der Waals surface area (Å²) in [6.07, 6.45) is 1.54. The van der Waals surface area contributed by atoms with Gasteiger partial charge in [0.2, 0.25) is 11.8 Å². The van der Waals surface area contributed by atoms with Gasteiger partial charge in [0.1, 0.15) is 5.82 Å². The molecule has 6 heteroatoms. The molecule has 2 aromatic rings. The lowest BCUT2D eigenvalue weighted by molar-refractivity contribution is -0.128. The van der Waals surface area contributed by atoms with Gasteiger partial charge >= 0.3 is 0 Å². The molecule has 0 saturated heterocycles. The van der Waals surface area contributed by atoms with Crippen molar-refractivity contribution in [3.05, 3.63) is 66.0 Å². The number of hydrogen-bond acceptors (Lipinski definition) is 3. The maximum Gasteiger partial charge on any atom is 0.248 e. The molecule has 0 aliphatic carbocycles. The second-order valence-electron chi connectivity index (χ2n) is 5.51. The third kappa shape index (κ3) is 5.90. The molecule has 0 radical (unpaired) electrons. The van der Waals surface area contributed by atoms with Crippen LogP contribution < -0.4 is 10.9 Å². The van der Waals surface area contributed by atoms with Crippen LogP contribution in [0.5, 0.6) is 0 Å². The summed E-state index contributed by atoms with van der Waals surface area (Å²) in [6, 6.07) is 15.7. The monoisotopic (exact) mass is 360 g/mol. The van der Waals surface area contributed by atoms with E-state index in [-0.39, 0.29) is 29.3 Å². The Balaban J connectivity index is 1.85. The molecule has 4 nitrogen and oxygen atoms in total. The van der Waals surface area contributed by atoms with Gasteiger partial charge in [-0.15, -0.1) is 11.8 Å². The highest BCUT2D eigenvalue weighted by molar-refractivity contribution is 8.00. The molecule has 2 aromatic carbocycles. The quantitative estimate of drug-likeness (QED) is 0.585. The Kier molecular flexibility index (Phi) is 7.47. The van der Waals surface area contributed by atoms with Gasteiger partial charge in [-0.05, 0) is 24.1 Å². The molecule has 0 saturated carbocycles. The first-order valence-electron chi connectivity index (χ1n) is 8.12. The molecule has 0 fully saturated rings. The normalized spacial score (nSPS) is 11.6. The van der Waals surface area contributed by atoms with E-state index in [4.69, 9.17) is 0 Å². The maximum absolute atomic E-state index is 13.5. The van der Waals surface area contributed by atoms with Gasteiger partial charge in [0, 0.05) is 4.90 Å². The minimum Gasteiger partial charge on any atom is -0.273 e. The number of nitrogens with one attached hydrogen (secondary N) is 2. The minimum absolute atomic E-state index is 0.0188. The molecular weight excluding hydrogens is 339 g/mol. The Labute approximate surface area is 151 Å². The predicted molar refractivity (Wildman–Crippen MR) is 97.5 cm³/mol. The zero-order chi connectivity index (χ0) is 18.1. The topological polar surface area (TPSA) is 58.2 Å². The van der Waals surface area contributed by atoms with Gasteiger partial charge in [0.15, 0.2) is 0 Å². The number of hydrazine groups is 1. The number of hydrogen-bond donors (Lipinski definition) is 2. The number of benzene rings is 2. The zero-order valence-corrected chi connectivity index (χ0v) is 14.8. The van der Waals surface area contributed by atoms with Crippen LogP contribution in [0.25, 0.3) is 0 Å². The molecule has 0 aliphatic rings. The minimum atomic E-state index is -0.384. The van der Waals surface area contributed by atoms with Crippen molar-refractivity contribution < 1.29 is 14.0 Å². The maximum atomic E-state index is 13.5. The van der Waals surface area contributed by atoms with Crippen molar-refractivity contribution in [3.63, 3.8) is 0 Å². The van der Waals surface area contributed by atoms with Crippen molar-refractivity contribution in [1.29, 1.82) is 0 Å². The fourth-order valence-electron chi connectivity index (χ4n) is 2.38. The smallest absolute Gasteiger partial charge is 0.248 e. The fraction of sp³-hybridized carbons (Fsp3) is 0.263. The summed E-state index contributed by atoms with van der Waals surface area (Å²) in [5, 5.41) is 0. The van der Waals surface area contributed by atoms with Crippen LogP contribution >= 0.6 is 11.8 Å². The number of carbonyl (C=O) groups is 2. The average Bonchev–Trinajstić information content (AvgIpc) is 2.64. The molecule has 0 heterocycles. The summed E-state index contributed by atoms with van der Waals surface area (Å²) in [4.78, 5) is 24.7. The predicted octanol–water partition coefficient (Wildman–Crippen LogP) is 3.65. The van der Waals surface area contributed by atoms with E-state index in [1.165, 1.54) is 6.07 Å². The summed E-state index contributed by atoms with van der Waals surface area (Å²) in [7, 11) is 0. The van der Waals surface area contributed by atoms with Crippen LogP contribution in [0.3, 0.4) is 0 Å². The first kappa shape index (κ1) is 19.0. The highest BCUT2D eigenvalue weighted by Gasteiger charge is 2.20. The van der Waals surface area contributed by atoms with Crippen molar-refractivity contribution in [2.24, 2.45) is 0 Å². The number of halogens is 1. The van der Waals surface area contributed by atoms with E-state index in [1.807, 2.05) is 37.3 Å². The largest absolute Gasteiger partial charge is 0.273 e. The van der Waals surface area contributed by atoms with Crippen molar-refractivity contribution in [2.75, 3.05) is 5.75 Å². The summed E-state index contributed by atoms with van der Waals surface area (Å²) in [5.41, 5.74) is 5.78. The van der Waals surface area contributed by atoms with Gasteiger partial charge in [-0.2, -0.15) is 0 Å². The molecule has 0 spiro atoms. The first-order valence-corrected chi connectivity index (χ1v) is 9.11. The van der Waals surface area contributed by atoms with Crippen LogP contribution in [0.15, 0.2) is 59.5 Å². The number of carbonyl (C=O) groups excluding carboxylic acids is 2. The van der Waals surface area contributed by atoms with E-state index in [2.05, 4.69) is 10.9 Å². The van der Waals surface area contributed by atoms with Gasteiger partial charge in [0.25, 0.3) is 0 Å². The molecule has 132 valence electrons. The van der Waals surface area contributed by atoms with Crippen LogP contribution in [-0.4, -0.2) is 17.6 Å². The summed E-state index contributed by atoms with van der Waals surface area (Å²) in [6.45, 7) is 2.01. The molecule has 1 atom stereocenters. The second-order valence-corrected chi connectivity index (χ2v) is 6.53. The molecule has 25 heavy (non-hydrogen) atoms. The van der Waals surface area contributed by atoms with Crippen LogP contribution in [0.2, 0.25) is 0 Å². The van der Waals surface area contributed by atoms with Crippen LogP contribution in [-0.2, 0) is 9.59 Å². The molecule has 0 aliphatic heterocycles. The van der Waals surface area contributed by atoms with Crippen LogP contribution in [0, 0.1) is 5.82 Å². The number of amides is 2. The molecule has 2 N–H and O–H groups in total. The Morgan fingerprint density at radius 1 is 1.04 bits per heavy atom. The third-order valence-electron chi connectivity index (χ3n) is 3.62. The molecule has 2 amide bonds. The SMILES string of the molecule is CCC[C@@H](C(=O)NNC(=O)CSc1ccccc1F)c1ccccc1. The van der Waals surface area contributed by atoms with E-state index in [1.54, 1.807) is 18.2 Å². The number of thioether (sulfide) groups is 1. The van der Waals surface area contributed by atoms with Gasteiger partial charge < -0.3 is 0 Å². The summed E-state index contributed by atoms with van der Waals surface area (Å²) >= 11 is 1.08. The van der Waals surface area contributed by atoms with Gasteiger partial charge in [-0.1, -0.05) is 55.8 Å². The van der Waals surface area contributed by atoms with Gasteiger partial charge in [-0.25, -0.2) is 4.39 Å². The van der Waals surface area contributed by atoms with Crippen molar-refractivity contribution in [1.82, 2.24) is 10.9 Å². The van der Waals surface area contributed by atoms with Crippen molar-refractivity contribution >= 4 is 23.6 Å². The lowest BCUT2D eigenvalue weighted by atomic mass is 9.94. The lowest BCUT2D eigenvalue weighted by Crippen LogP contribution is -2.44. The first-order chi connectivity index (χ1) is 12.1.